The summed E-state index contributed by atoms with van der Waals surface area (Å²) in [6, 6.07) is 0. The predicted molar refractivity (Wildman–Crippen MR) is 61.6 cm³/mol. The zero-order valence-electron chi connectivity index (χ0n) is 9.88. The van der Waals surface area contributed by atoms with E-state index in [1.807, 2.05) is 0 Å². The molecule has 17 heavy (non-hydrogen) atoms. The van der Waals surface area contributed by atoms with E-state index in [0.717, 1.165) is 0 Å². The first kappa shape index (κ1) is 17.7. The monoisotopic (exact) mass is 246 g/mol. The predicted octanol–water partition coefficient (Wildman–Crippen LogP) is 0.408. The summed E-state index contributed by atoms with van der Waals surface area (Å²) >= 11 is 0. The van der Waals surface area contributed by atoms with Crippen LogP contribution in [0.3, 0.4) is 0 Å². The summed E-state index contributed by atoms with van der Waals surface area (Å²) in [6.07, 6.45) is 0.513. The summed E-state index contributed by atoms with van der Waals surface area (Å²) in [7, 11) is 0. The minimum atomic E-state index is -1.05. The number of carboxylic acids is 2. The minimum Gasteiger partial charge on any atom is -0.478 e. The van der Waals surface area contributed by atoms with E-state index in [9.17, 15) is 9.59 Å². The van der Waals surface area contributed by atoms with Crippen LogP contribution in [-0.4, -0.2) is 45.1 Å². The van der Waals surface area contributed by atoms with E-state index in [4.69, 9.17) is 20.4 Å². The molecule has 1 unspecified atom stereocenters. The summed E-state index contributed by atoms with van der Waals surface area (Å²) in [4.78, 5) is 19.8. The molecule has 0 saturated heterocycles. The Morgan fingerprint density at radius 3 is 1.88 bits per heavy atom. The number of hydrogen-bond donors (Lipinski definition) is 4. The van der Waals surface area contributed by atoms with Crippen LogP contribution in [0.4, 0.5) is 0 Å². The summed E-state index contributed by atoms with van der Waals surface area (Å²) in [5.41, 5.74) is 0.265. The molecule has 0 rings (SSSR count). The molecule has 0 aromatic rings. The van der Waals surface area contributed by atoms with Crippen molar-refractivity contribution in [3.05, 3.63) is 23.8 Å². The largest absolute Gasteiger partial charge is 0.478 e. The quantitative estimate of drug-likeness (QED) is 0.522. The van der Waals surface area contributed by atoms with Gasteiger partial charge in [-0.1, -0.05) is 6.58 Å². The normalized spacial score (nSPS) is 12.1. The van der Waals surface area contributed by atoms with E-state index in [0.29, 0.717) is 0 Å². The maximum atomic E-state index is 10.2. The van der Waals surface area contributed by atoms with Gasteiger partial charge in [0.2, 0.25) is 0 Å². The Bertz CT molecular complexity index is 293. The van der Waals surface area contributed by atoms with Crippen LogP contribution < -0.4 is 0 Å². The average Bonchev–Trinajstić information content (AvgIpc) is 2.18. The number of carboxylic acid groups (broad SMARTS) is 2. The zero-order valence-corrected chi connectivity index (χ0v) is 9.88. The van der Waals surface area contributed by atoms with Gasteiger partial charge in [-0.3, -0.25) is 0 Å². The van der Waals surface area contributed by atoms with E-state index in [-0.39, 0.29) is 24.2 Å². The van der Waals surface area contributed by atoms with Crippen LogP contribution in [0.5, 0.6) is 0 Å². The first-order chi connectivity index (χ1) is 7.72. The minimum absolute atomic E-state index is 0.0888. The Morgan fingerprint density at radius 1 is 1.24 bits per heavy atom. The summed E-state index contributed by atoms with van der Waals surface area (Å²) in [5.74, 6) is -1.99. The maximum absolute atomic E-state index is 10.2. The first-order valence-electron chi connectivity index (χ1n) is 4.81. The van der Waals surface area contributed by atoms with Crippen molar-refractivity contribution in [2.75, 3.05) is 6.61 Å². The first-order valence-corrected chi connectivity index (χ1v) is 4.81. The molecule has 0 radical (unpaired) electrons. The molecule has 0 aliphatic rings. The lowest BCUT2D eigenvalue weighted by molar-refractivity contribution is -0.133. The average molecular weight is 246 g/mol. The second kappa shape index (κ2) is 9.56. The van der Waals surface area contributed by atoms with Crippen LogP contribution in [0.15, 0.2) is 23.8 Å². The molecule has 0 bridgehead atoms. The van der Waals surface area contributed by atoms with Crippen LogP contribution in [0.2, 0.25) is 0 Å². The van der Waals surface area contributed by atoms with Crippen LogP contribution in [0.1, 0.15) is 20.3 Å². The molecule has 0 aromatic carbocycles. The number of aliphatic hydroxyl groups is 2. The SMILES string of the molecule is C=C(C)C(=O)O.CC(=CC(O)CCO)C(=O)O. The van der Waals surface area contributed by atoms with Crippen LogP contribution >= 0.6 is 0 Å². The van der Waals surface area contributed by atoms with Gasteiger partial charge in [-0.15, -0.1) is 0 Å². The summed E-state index contributed by atoms with van der Waals surface area (Å²) in [5, 5.41) is 33.6. The standard InChI is InChI=1S/C7H12O4.C4H6O2/c1-5(7(10)11)4-6(9)2-3-8;1-3(2)4(5)6/h4,6,8-9H,2-3H2,1H3,(H,10,11);1H2,2H3,(H,5,6). The van der Waals surface area contributed by atoms with Gasteiger partial charge in [0, 0.05) is 24.2 Å². The third-order valence-electron chi connectivity index (χ3n) is 1.57. The van der Waals surface area contributed by atoms with E-state index in [1.54, 1.807) is 0 Å². The number of aliphatic hydroxyl groups excluding tert-OH is 2. The third kappa shape index (κ3) is 12.3. The van der Waals surface area contributed by atoms with Crippen molar-refractivity contribution >= 4 is 11.9 Å². The summed E-state index contributed by atoms with van der Waals surface area (Å²) in [6.45, 7) is 5.85. The molecular weight excluding hydrogens is 228 g/mol. The van der Waals surface area contributed by atoms with Crippen molar-refractivity contribution < 1.29 is 30.0 Å². The van der Waals surface area contributed by atoms with Gasteiger partial charge in [-0.25, -0.2) is 9.59 Å². The van der Waals surface area contributed by atoms with Crippen LogP contribution in [0.25, 0.3) is 0 Å². The highest BCUT2D eigenvalue weighted by Gasteiger charge is 2.03. The lowest BCUT2D eigenvalue weighted by Gasteiger charge is -2.02. The Kier molecular flexibility index (Phi) is 9.97. The van der Waals surface area contributed by atoms with Gasteiger partial charge in [0.15, 0.2) is 0 Å². The van der Waals surface area contributed by atoms with Gasteiger partial charge in [-0.2, -0.15) is 0 Å². The van der Waals surface area contributed by atoms with Gasteiger partial charge in [0.25, 0.3) is 0 Å². The molecule has 0 aromatic heterocycles. The molecule has 0 spiro atoms. The van der Waals surface area contributed by atoms with Crippen molar-refractivity contribution in [2.24, 2.45) is 0 Å². The van der Waals surface area contributed by atoms with Crippen molar-refractivity contribution in [2.45, 2.75) is 26.4 Å². The number of hydrogen-bond acceptors (Lipinski definition) is 4. The Balaban J connectivity index is 0. The number of aliphatic carboxylic acids is 2. The molecule has 0 heterocycles. The lowest BCUT2D eigenvalue weighted by atomic mass is 10.2. The Morgan fingerprint density at radius 2 is 1.65 bits per heavy atom. The summed E-state index contributed by atoms with van der Waals surface area (Å²) < 4.78 is 0. The molecule has 6 heteroatoms. The van der Waals surface area contributed by atoms with Crippen molar-refractivity contribution in [3.63, 3.8) is 0 Å². The number of rotatable bonds is 5. The highest BCUT2D eigenvalue weighted by molar-refractivity contribution is 5.85. The molecule has 0 aliphatic heterocycles. The molecule has 98 valence electrons. The van der Waals surface area contributed by atoms with Gasteiger partial charge >= 0.3 is 11.9 Å². The van der Waals surface area contributed by atoms with Gasteiger partial charge < -0.3 is 20.4 Å². The van der Waals surface area contributed by atoms with Crippen molar-refractivity contribution in [3.8, 4) is 0 Å². The molecule has 0 aliphatic carbocycles. The van der Waals surface area contributed by atoms with Gasteiger partial charge in [0.1, 0.15) is 0 Å². The van der Waals surface area contributed by atoms with Crippen LogP contribution in [0, 0.1) is 0 Å². The molecule has 6 nitrogen and oxygen atoms in total. The molecular formula is C11H18O6. The topological polar surface area (TPSA) is 115 Å². The Hall–Kier alpha value is -1.66. The van der Waals surface area contributed by atoms with Crippen molar-refractivity contribution in [1.82, 2.24) is 0 Å². The van der Waals surface area contributed by atoms with E-state index >= 15 is 0 Å². The van der Waals surface area contributed by atoms with E-state index in [1.165, 1.54) is 19.9 Å². The molecule has 0 amide bonds. The fraction of sp³-hybridized carbons (Fsp3) is 0.455. The van der Waals surface area contributed by atoms with E-state index < -0.39 is 18.0 Å². The highest BCUT2D eigenvalue weighted by atomic mass is 16.4. The molecule has 4 N–H and O–H groups in total. The fourth-order valence-electron chi connectivity index (χ4n) is 0.575. The second-order valence-corrected chi connectivity index (χ2v) is 3.32. The molecule has 0 saturated carbocycles. The fourth-order valence-corrected chi connectivity index (χ4v) is 0.575. The van der Waals surface area contributed by atoms with Gasteiger partial charge in [-0.05, 0) is 19.9 Å². The Labute approximate surface area is 99.5 Å². The number of carbonyl (C=O) groups is 2. The van der Waals surface area contributed by atoms with Gasteiger partial charge in [0.05, 0.1) is 6.10 Å². The lowest BCUT2D eigenvalue weighted by Crippen LogP contribution is -2.08. The molecule has 0 fully saturated rings. The zero-order chi connectivity index (χ0) is 14.0. The maximum Gasteiger partial charge on any atom is 0.331 e. The van der Waals surface area contributed by atoms with Crippen LogP contribution in [-0.2, 0) is 9.59 Å². The third-order valence-corrected chi connectivity index (χ3v) is 1.57. The highest BCUT2D eigenvalue weighted by Crippen LogP contribution is 1.99. The molecule has 1 atom stereocenters. The smallest absolute Gasteiger partial charge is 0.331 e. The second-order valence-electron chi connectivity index (χ2n) is 3.32. The van der Waals surface area contributed by atoms with E-state index in [2.05, 4.69) is 6.58 Å². The van der Waals surface area contributed by atoms with Crippen molar-refractivity contribution in [1.29, 1.82) is 0 Å².